The van der Waals surface area contributed by atoms with E-state index in [4.69, 9.17) is 4.74 Å². The van der Waals surface area contributed by atoms with Crippen molar-refractivity contribution < 1.29 is 22.7 Å². The Hall–Kier alpha value is -4.63. The average molecular weight is 614 g/mol. The molecule has 0 spiro atoms. The number of carbonyl (C=O) groups is 2. The largest absolute Gasteiger partial charge is 0.497 e. The van der Waals surface area contributed by atoms with Gasteiger partial charge in [0, 0.05) is 19.5 Å². The van der Waals surface area contributed by atoms with E-state index in [0.717, 1.165) is 27.4 Å². The highest BCUT2D eigenvalue weighted by Gasteiger charge is 2.34. The molecule has 0 unspecified atom stereocenters. The Morgan fingerprint density at radius 2 is 1.48 bits per heavy atom. The van der Waals surface area contributed by atoms with Gasteiger partial charge in [0.2, 0.25) is 11.8 Å². The van der Waals surface area contributed by atoms with Gasteiger partial charge in [0.25, 0.3) is 10.0 Å². The Labute approximate surface area is 260 Å². The Kier molecular flexibility index (Phi) is 11.2. The summed E-state index contributed by atoms with van der Waals surface area (Å²) in [6, 6.07) is 30.9. The maximum atomic E-state index is 14.4. The Balaban J connectivity index is 1.78. The number of hydrogen-bond acceptors (Lipinski definition) is 5. The Bertz CT molecular complexity index is 1630. The highest BCUT2D eigenvalue weighted by atomic mass is 32.2. The minimum atomic E-state index is -4.14. The fourth-order valence-corrected chi connectivity index (χ4v) is 6.26. The standard InChI is InChI=1S/C35H39N3O5S/c1-4-22-36-35(40)33(24-28-12-7-5-8-13-28)37(25-29-14-11-17-31(23-29)43-3)34(39)26-38(30-15-9-6-10-16-30)44(41,42)32-20-18-27(2)19-21-32/h5-21,23,33H,4,22,24-26H2,1-3H3,(H,36,40)/t33-/m0/s1. The molecule has 0 aliphatic rings. The van der Waals surface area contributed by atoms with Crippen LogP contribution >= 0.6 is 0 Å². The lowest BCUT2D eigenvalue weighted by molar-refractivity contribution is -0.140. The normalized spacial score (nSPS) is 11.8. The number of nitrogens with zero attached hydrogens (tertiary/aromatic N) is 2. The maximum absolute atomic E-state index is 14.4. The van der Waals surface area contributed by atoms with E-state index < -0.39 is 28.5 Å². The minimum Gasteiger partial charge on any atom is -0.497 e. The monoisotopic (exact) mass is 613 g/mol. The van der Waals surface area contributed by atoms with Crippen LogP contribution in [0.4, 0.5) is 5.69 Å². The van der Waals surface area contributed by atoms with Gasteiger partial charge in [0.15, 0.2) is 0 Å². The number of methoxy groups -OCH3 is 1. The molecule has 0 bridgehead atoms. The summed E-state index contributed by atoms with van der Waals surface area (Å²) >= 11 is 0. The molecular formula is C35H39N3O5S. The van der Waals surface area contributed by atoms with Crippen LogP contribution in [0.25, 0.3) is 0 Å². The number of carbonyl (C=O) groups excluding carboxylic acids is 2. The first-order chi connectivity index (χ1) is 21.2. The van der Waals surface area contributed by atoms with E-state index >= 15 is 0 Å². The molecular weight excluding hydrogens is 574 g/mol. The summed E-state index contributed by atoms with van der Waals surface area (Å²) in [5.41, 5.74) is 2.88. The number of anilines is 1. The van der Waals surface area contributed by atoms with Gasteiger partial charge in [-0.25, -0.2) is 8.42 Å². The zero-order valence-corrected chi connectivity index (χ0v) is 26.2. The molecule has 0 radical (unpaired) electrons. The highest BCUT2D eigenvalue weighted by molar-refractivity contribution is 7.92. The highest BCUT2D eigenvalue weighted by Crippen LogP contribution is 2.25. The molecule has 4 rings (SSSR count). The number of hydrogen-bond donors (Lipinski definition) is 1. The number of para-hydroxylation sites is 1. The van der Waals surface area contributed by atoms with Gasteiger partial charge in [-0.3, -0.25) is 13.9 Å². The molecule has 230 valence electrons. The van der Waals surface area contributed by atoms with Crippen molar-refractivity contribution in [1.29, 1.82) is 0 Å². The number of amides is 2. The molecule has 0 aliphatic carbocycles. The van der Waals surface area contributed by atoms with E-state index in [1.807, 2.05) is 62.4 Å². The summed E-state index contributed by atoms with van der Waals surface area (Å²) in [6.45, 7) is 3.85. The smallest absolute Gasteiger partial charge is 0.264 e. The van der Waals surface area contributed by atoms with E-state index in [0.29, 0.717) is 18.0 Å². The van der Waals surface area contributed by atoms with Gasteiger partial charge in [-0.15, -0.1) is 0 Å². The van der Waals surface area contributed by atoms with Gasteiger partial charge in [-0.2, -0.15) is 0 Å². The second-order valence-corrected chi connectivity index (χ2v) is 12.4. The molecule has 0 aliphatic heterocycles. The third-order valence-electron chi connectivity index (χ3n) is 7.24. The van der Waals surface area contributed by atoms with Gasteiger partial charge in [0.1, 0.15) is 18.3 Å². The number of nitrogens with one attached hydrogen (secondary N) is 1. The molecule has 1 N–H and O–H groups in total. The lowest BCUT2D eigenvalue weighted by Gasteiger charge is -2.34. The number of sulfonamides is 1. The van der Waals surface area contributed by atoms with Crippen LogP contribution in [0.1, 0.15) is 30.0 Å². The van der Waals surface area contributed by atoms with Gasteiger partial charge in [0.05, 0.1) is 17.7 Å². The summed E-state index contributed by atoms with van der Waals surface area (Å²) < 4.78 is 34.6. The molecule has 0 saturated carbocycles. The first-order valence-electron chi connectivity index (χ1n) is 14.6. The second kappa shape index (κ2) is 15.2. The van der Waals surface area contributed by atoms with Crippen LogP contribution in [0.2, 0.25) is 0 Å². The molecule has 0 fully saturated rings. The molecule has 1 atom stereocenters. The van der Waals surface area contributed by atoms with Crippen LogP contribution in [0.5, 0.6) is 5.75 Å². The maximum Gasteiger partial charge on any atom is 0.264 e. The molecule has 9 heteroatoms. The van der Waals surface area contributed by atoms with E-state index in [-0.39, 0.29) is 23.8 Å². The van der Waals surface area contributed by atoms with Crippen molar-refractivity contribution in [2.45, 2.75) is 44.2 Å². The predicted octanol–water partition coefficient (Wildman–Crippen LogP) is 5.37. The summed E-state index contributed by atoms with van der Waals surface area (Å²) in [5, 5.41) is 2.95. The van der Waals surface area contributed by atoms with E-state index in [1.54, 1.807) is 55.6 Å². The number of aryl methyl sites for hydroxylation is 1. The molecule has 0 saturated heterocycles. The van der Waals surface area contributed by atoms with Crippen molar-refractivity contribution in [2.24, 2.45) is 0 Å². The van der Waals surface area contributed by atoms with Crippen LogP contribution in [0.15, 0.2) is 114 Å². The minimum absolute atomic E-state index is 0.0697. The Morgan fingerprint density at radius 1 is 0.841 bits per heavy atom. The Morgan fingerprint density at radius 3 is 2.11 bits per heavy atom. The molecule has 0 aromatic heterocycles. The summed E-state index contributed by atoms with van der Waals surface area (Å²) in [5.74, 6) is -0.211. The van der Waals surface area contributed by atoms with Crippen LogP contribution < -0.4 is 14.4 Å². The topological polar surface area (TPSA) is 96.0 Å². The number of benzene rings is 4. The lowest BCUT2D eigenvalue weighted by atomic mass is 10.0. The first kappa shape index (κ1) is 32.3. The average Bonchev–Trinajstić information content (AvgIpc) is 3.05. The first-order valence-corrected chi connectivity index (χ1v) is 16.1. The second-order valence-electron chi connectivity index (χ2n) is 10.5. The fraction of sp³-hybridized carbons (Fsp3) is 0.257. The quantitative estimate of drug-likeness (QED) is 0.207. The van der Waals surface area contributed by atoms with Crippen molar-refractivity contribution in [3.05, 3.63) is 126 Å². The van der Waals surface area contributed by atoms with Gasteiger partial charge in [-0.1, -0.05) is 85.3 Å². The van der Waals surface area contributed by atoms with Gasteiger partial charge in [-0.05, 0) is 60.9 Å². The number of ether oxygens (including phenoxy) is 1. The predicted molar refractivity (Wildman–Crippen MR) is 173 cm³/mol. The molecule has 2 amide bonds. The van der Waals surface area contributed by atoms with Crippen molar-refractivity contribution in [3.8, 4) is 5.75 Å². The SMILES string of the molecule is CCCNC(=O)[C@H](Cc1ccccc1)N(Cc1cccc(OC)c1)C(=O)CN(c1ccccc1)S(=O)(=O)c1ccc(C)cc1. The third-order valence-corrected chi connectivity index (χ3v) is 9.03. The molecule has 44 heavy (non-hydrogen) atoms. The zero-order chi connectivity index (χ0) is 31.5. The molecule has 8 nitrogen and oxygen atoms in total. The van der Waals surface area contributed by atoms with Crippen molar-refractivity contribution >= 4 is 27.5 Å². The van der Waals surface area contributed by atoms with E-state index in [9.17, 15) is 18.0 Å². The van der Waals surface area contributed by atoms with Crippen LogP contribution in [0.3, 0.4) is 0 Å². The molecule has 4 aromatic carbocycles. The summed E-state index contributed by atoms with van der Waals surface area (Å²) in [4.78, 5) is 29.7. The number of rotatable bonds is 14. The van der Waals surface area contributed by atoms with Gasteiger partial charge < -0.3 is 15.0 Å². The zero-order valence-electron chi connectivity index (χ0n) is 25.3. The molecule has 4 aromatic rings. The third kappa shape index (κ3) is 8.26. The molecule has 0 heterocycles. The van der Waals surface area contributed by atoms with Crippen molar-refractivity contribution in [3.63, 3.8) is 0 Å². The fourth-order valence-electron chi connectivity index (χ4n) is 4.85. The lowest BCUT2D eigenvalue weighted by Crippen LogP contribution is -2.53. The summed E-state index contributed by atoms with van der Waals surface area (Å²) in [7, 11) is -2.58. The van der Waals surface area contributed by atoms with Crippen LogP contribution in [-0.2, 0) is 32.6 Å². The van der Waals surface area contributed by atoms with Crippen molar-refractivity contribution in [2.75, 3.05) is 24.5 Å². The van der Waals surface area contributed by atoms with E-state index in [2.05, 4.69) is 5.32 Å². The van der Waals surface area contributed by atoms with Gasteiger partial charge >= 0.3 is 0 Å². The summed E-state index contributed by atoms with van der Waals surface area (Å²) in [6.07, 6.45) is 0.979. The van der Waals surface area contributed by atoms with Crippen LogP contribution in [-0.4, -0.2) is 51.4 Å². The van der Waals surface area contributed by atoms with Crippen LogP contribution in [0, 0.1) is 6.92 Å². The van der Waals surface area contributed by atoms with E-state index in [1.165, 1.54) is 17.0 Å². The van der Waals surface area contributed by atoms with Crippen molar-refractivity contribution in [1.82, 2.24) is 10.2 Å².